The molecule has 4 N–H and O–H groups in total. The van der Waals surface area contributed by atoms with E-state index in [1.807, 2.05) is 0 Å². The molecule has 0 bridgehead atoms. The average Bonchev–Trinajstić information content (AvgIpc) is 3.00. The summed E-state index contributed by atoms with van der Waals surface area (Å²) >= 11 is 5.91. The number of hydrogen-bond donors (Lipinski definition) is 3. The topological polar surface area (TPSA) is 137 Å². The van der Waals surface area contributed by atoms with Crippen LogP contribution in [0.15, 0.2) is 24.5 Å². The summed E-state index contributed by atoms with van der Waals surface area (Å²) in [7, 11) is 1.47. The van der Waals surface area contributed by atoms with Gasteiger partial charge in [-0.25, -0.2) is 19.3 Å². The van der Waals surface area contributed by atoms with Crippen molar-refractivity contribution >= 4 is 40.6 Å². The van der Waals surface area contributed by atoms with Crippen LogP contribution in [0.1, 0.15) is 29.2 Å². The van der Waals surface area contributed by atoms with Gasteiger partial charge in [-0.15, -0.1) is 5.10 Å². The first-order chi connectivity index (χ1) is 13.3. The maximum atomic E-state index is 13.5. The summed E-state index contributed by atoms with van der Waals surface area (Å²) in [6, 6.07) is 1.84. The number of ether oxygens (including phenoxy) is 1. The number of methoxy groups -OCH3 is 1. The van der Waals surface area contributed by atoms with Crippen molar-refractivity contribution in [2.45, 2.75) is 13.0 Å². The van der Waals surface area contributed by atoms with Gasteiger partial charge < -0.3 is 21.1 Å². The maximum absolute atomic E-state index is 13.5. The molecule has 3 rings (SSSR count). The summed E-state index contributed by atoms with van der Waals surface area (Å²) in [6.45, 7) is 1.71. The van der Waals surface area contributed by atoms with E-state index in [1.54, 1.807) is 6.92 Å². The van der Waals surface area contributed by atoms with Crippen LogP contribution < -0.4 is 16.4 Å². The van der Waals surface area contributed by atoms with Crippen LogP contribution in [-0.2, 0) is 4.74 Å². The number of nitrogens with zero attached hydrogens (tertiary/aromatic N) is 4. The third-order valence-electron chi connectivity index (χ3n) is 3.81. The van der Waals surface area contributed by atoms with Gasteiger partial charge in [-0.2, -0.15) is 4.39 Å². The smallest absolute Gasteiger partial charge is 0.323 e. The first-order valence-corrected chi connectivity index (χ1v) is 8.28. The first-order valence-electron chi connectivity index (χ1n) is 7.90. The van der Waals surface area contributed by atoms with Crippen LogP contribution in [0.2, 0.25) is 5.02 Å². The van der Waals surface area contributed by atoms with Crippen molar-refractivity contribution in [3.05, 3.63) is 46.9 Å². The lowest BCUT2D eigenvalue weighted by Gasteiger charge is -2.17. The third kappa shape index (κ3) is 3.85. The largest absolute Gasteiger partial charge is 0.375 e. The van der Waals surface area contributed by atoms with E-state index in [4.69, 9.17) is 22.1 Å². The third-order valence-corrected chi connectivity index (χ3v) is 4.10. The summed E-state index contributed by atoms with van der Waals surface area (Å²) in [6.07, 6.45) is 2.07. The van der Waals surface area contributed by atoms with E-state index >= 15 is 0 Å². The minimum atomic E-state index is -0.787. The van der Waals surface area contributed by atoms with Crippen molar-refractivity contribution in [3.63, 3.8) is 0 Å². The Labute approximate surface area is 162 Å². The van der Waals surface area contributed by atoms with Crippen molar-refractivity contribution in [2.24, 2.45) is 5.73 Å². The van der Waals surface area contributed by atoms with Gasteiger partial charge in [0, 0.05) is 13.2 Å². The van der Waals surface area contributed by atoms with Crippen molar-refractivity contribution in [1.82, 2.24) is 19.6 Å². The van der Waals surface area contributed by atoms with E-state index < -0.39 is 24.0 Å². The number of pyridine rings is 1. The molecule has 12 heteroatoms. The SMILES string of the molecule is CO[C@@H](C)c1c(NC(=O)Nc2cnc(C(N)=O)c(Cl)c2)cnc2cc(F)nn12. The van der Waals surface area contributed by atoms with Crippen molar-refractivity contribution in [3.8, 4) is 0 Å². The molecule has 10 nitrogen and oxygen atoms in total. The van der Waals surface area contributed by atoms with Gasteiger partial charge in [0.1, 0.15) is 5.69 Å². The molecule has 146 valence electrons. The molecule has 0 radical (unpaired) electrons. The zero-order valence-electron chi connectivity index (χ0n) is 14.7. The molecule has 0 saturated carbocycles. The van der Waals surface area contributed by atoms with Crippen LogP contribution in [0.5, 0.6) is 0 Å². The molecule has 3 heterocycles. The Kier molecular flexibility index (Phi) is 5.38. The molecule has 3 aromatic heterocycles. The van der Waals surface area contributed by atoms with Crippen LogP contribution in [0.3, 0.4) is 0 Å². The Morgan fingerprint density at radius 3 is 2.68 bits per heavy atom. The molecule has 0 saturated heterocycles. The first kappa shape index (κ1) is 19.5. The number of aromatic nitrogens is 4. The number of carbonyl (C=O) groups excluding carboxylic acids is 2. The van der Waals surface area contributed by atoms with Gasteiger partial charge in [0.15, 0.2) is 5.65 Å². The quantitative estimate of drug-likeness (QED) is 0.593. The molecule has 0 spiro atoms. The normalized spacial score (nSPS) is 12.0. The zero-order chi connectivity index (χ0) is 20.4. The number of amides is 3. The number of rotatable bonds is 5. The van der Waals surface area contributed by atoms with Gasteiger partial charge in [0.25, 0.3) is 5.91 Å². The minimum Gasteiger partial charge on any atom is -0.375 e. The molecule has 3 aromatic rings. The Balaban J connectivity index is 1.87. The predicted octanol–water partition coefficient (Wildman–Crippen LogP) is 2.37. The van der Waals surface area contributed by atoms with Gasteiger partial charge in [-0.3, -0.25) is 4.79 Å². The summed E-state index contributed by atoms with van der Waals surface area (Å²) in [5.41, 5.74) is 6.17. The molecular weight excluding hydrogens is 393 g/mol. The lowest BCUT2D eigenvalue weighted by molar-refractivity contribution is 0.0995. The average molecular weight is 408 g/mol. The fourth-order valence-corrected chi connectivity index (χ4v) is 2.75. The maximum Gasteiger partial charge on any atom is 0.323 e. The van der Waals surface area contributed by atoms with Crippen LogP contribution in [0, 0.1) is 5.95 Å². The van der Waals surface area contributed by atoms with E-state index in [1.165, 1.54) is 30.1 Å². The second-order valence-corrected chi connectivity index (χ2v) is 6.08. The number of nitrogens with one attached hydrogen (secondary N) is 2. The fourth-order valence-electron chi connectivity index (χ4n) is 2.49. The molecule has 0 unspecified atom stereocenters. The molecule has 1 atom stereocenters. The lowest BCUT2D eigenvalue weighted by atomic mass is 10.2. The monoisotopic (exact) mass is 407 g/mol. The van der Waals surface area contributed by atoms with E-state index in [-0.39, 0.29) is 27.7 Å². The van der Waals surface area contributed by atoms with Crippen LogP contribution in [0.25, 0.3) is 5.65 Å². The molecule has 28 heavy (non-hydrogen) atoms. The summed E-state index contributed by atoms with van der Waals surface area (Å²) in [5.74, 6) is -1.50. The van der Waals surface area contributed by atoms with E-state index in [0.29, 0.717) is 5.69 Å². The van der Waals surface area contributed by atoms with Gasteiger partial charge in [0.05, 0.1) is 40.6 Å². The number of nitrogens with two attached hydrogens (primary N) is 1. The number of fused-ring (bicyclic) bond motifs is 1. The highest BCUT2D eigenvalue weighted by Gasteiger charge is 2.19. The summed E-state index contributed by atoms with van der Waals surface area (Å²) in [4.78, 5) is 31.4. The van der Waals surface area contributed by atoms with Gasteiger partial charge in [0.2, 0.25) is 5.95 Å². The van der Waals surface area contributed by atoms with Gasteiger partial charge in [-0.1, -0.05) is 11.6 Å². The molecule has 0 aliphatic heterocycles. The van der Waals surface area contributed by atoms with Crippen molar-refractivity contribution in [2.75, 3.05) is 17.7 Å². The van der Waals surface area contributed by atoms with Crippen molar-refractivity contribution < 1.29 is 18.7 Å². The number of anilines is 2. The van der Waals surface area contributed by atoms with Crippen LogP contribution in [-0.4, -0.2) is 38.6 Å². The highest BCUT2D eigenvalue weighted by Crippen LogP contribution is 2.26. The molecule has 0 fully saturated rings. The number of primary amides is 1. The molecule has 0 aromatic carbocycles. The summed E-state index contributed by atoms with van der Waals surface area (Å²) in [5, 5.41) is 8.84. The fraction of sp³-hybridized carbons (Fsp3) is 0.188. The molecule has 0 aliphatic carbocycles. The molecule has 0 aliphatic rings. The molecular formula is C16H15ClFN7O3. The molecule has 3 amide bonds. The Morgan fingerprint density at radius 2 is 2.04 bits per heavy atom. The summed E-state index contributed by atoms with van der Waals surface area (Å²) < 4.78 is 20.1. The minimum absolute atomic E-state index is 0.00547. The van der Waals surface area contributed by atoms with Crippen LogP contribution in [0.4, 0.5) is 20.6 Å². The number of hydrogen-bond acceptors (Lipinski definition) is 6. The Morgan fingerprint density at radius 1 is 1.29 bits per heavy atom. The van der Waals surface area contributed by atoms with Crippen molar-refractivity contribution in [1.29, 1.82) is 0 Å². The van der Waals surface area contributed by atoms with Gasteiger partial charge >= 0.3 is 6.03 Å². The Bertz CT molecular complexity index is 1070. The van der Waals surface area contributed by atoms with Gasteiger partial charge in [-0.05, 0) is 13.0 Å². The second kappa shape index (κ2) is 7.74. The number of halogens is 2. The second-order valence-electron chi connectivity index (χ2n) is 5.67. The Hall–Kier alpha value is -3.31. The number of carbonyl (C=O) groups is 2. The zero-order valence-corrected chi connectivity index (χ0v) is 15.5. The number of urea groups is 1. The van der Waals surface area contributed by atoms with Crippen LogP contribution >= 0.6 is 11.6 Å². The van der Waals surface area contributed by atoms with E-state index in [0.717, 1.165) is 6.07 Å². The standard InChI is InChI=1S/C16H15ClFN7O3/c1-7(28-2)14-10(6-20-12-4-11(18)24-25(12)14)23-16(27)22-8-3-9(17)13(15(19)26)21-5-8/h3-7H,1-2H3,(H2,19,26)(H2,22,23,27)/t7-/m0/s1. The predicted molar refractivity (Wildman–Crippen MR) is 98.8 cm³/mol. The van der Waals surface area contributed by atoms with E-state index in [2.05, 4.69) is 25.7 Å². The highest BCUT2D eigenvalue weighted by molar-refractivity contribution is 6.33. The lowest BCUT2D eigenvalue weighted by Crippen LogP contribution is -2.22. The van der Waals surface area contributed by atoms with E-state index in [9.17, 15) is 14.0 Å². The highest BCUT2D eigenvalue weighted by atomic mass is 35.5.